The molecule has 1 aromatic carbocycles. The van der Waals surface area contributed by atoms with Crippen LogP contribution in [0, 0.1) is 11.3 Å². The maximum Gasteiger partial charge on any atom is 0.573 e. The summed E-state index contributed by atoms with van der Waals surface area (Å²) in [4.78, 5) is 4.37. The lowest BCUT2D eigenvalue weighted by Crippen LogP contribution is -2.69. The van der Waals surface area contributed by atoms with E-state index in [2.05, 4.69) is 15.0 Å². The standard InChI is InChI=1S/C19H24F3N3O2/c20-19(21,22)27-13-5-3-12(4-6-13)11-24-17(23)25-15-14-7-10-26-16(14)18(15)8-1-2-9-18/h3-6,14-16H,1-2,7-11H2,(H3,23,24,25). The van der Waals surface area contributed by atoms with E-state index in [-0.39, 0.29) is 11.2 Å². The van der Waals surface area contributed by atoms with Crippen LogP contribution in [0.4, 0.5) is 13.2 Å². The van der Waals surface area contributed by atoms with Crippen LogP contribution in [-0.2, 0) is 11.3 Å². The van der Waals surface area contributed by atoms with Gasteiger partial charge in [0, 0.05) is 24.0 Å². The molecule has 3 N–H and O–H groups in total. The van der Waals surface area contributed by atoms with E-state index in [0.29, 0.717) is 30.6 Å². The van der Waals surface area contributed by atoms with Crippen molar-refractivity contribution >= 4 is 5.96 Å². The van der Waals surface area contributed by atoms with Gasteiger partial charge in [-0.05, 0) is 37.0 Å². The monoisotopic (exact) mass is 383 g/mol. The molecule has 2 aliphatic carbocycles. The second kappa shape index (κ2) is 6.89. The molecule has 148 valence electrons. The van der Waals surface area contributed by atoms with Crippen LogP contribution >= 0.6 is 0 Å². The first kappa shape index (κ1) is 18.4. The van der Waals surface area contributed by atoms with Crippen LogP contribution in [0.2, 0.25) is 0 Å². The van der Waals surface area contributed by atoms with Gasteiger partial charge in [-0.3, -0.25) is 0 Å². The Morgan fingerprint density at radius 2 is 1.96 bits per heavy atom. The quantitative estimate of drug-likeness (QED) is 0.618. The number of fused-ring (bicyclic) bond motifs is 2. The van der Waals surface area contributed by atoms with E-state index < -0.39 is 6.36 Å². The number of nitrogens with two attached hydrogens (primary N) is 1. The Hall–Kier alpha value is -1.96. The average molecular weight is 383 g/mol. The maximum atomic E-state index is 12.2. The van der Waals surface area contributed by atoms with Crippen LogP contribution in [0.1, 0.15) is 37.7 Å². The van der Waals surface area contributed by atoms with Gasteiger partial charge >= 0.3 is 6.36 Å². The summed E-state index contributed by atoms with van der Waals surface area (Å²) in [5.41, 5.74) is 7.06. The Labute approximate surface area is 156 Å². The van der Waals surface area contributed by atoms with Gasteiger partial charge in [0.25, 0.3) is 0 Å². The molecule has 3 unspecified atom stereocenters. The predicted octanol–water partition coefficient (Wildman–Crippen LogP) is 3.34. The van der Waals surface area contributed by atoms with E-state index in [4.69, 9.17) is 10.5 Å². The van der Waals surface area contributed by atoms with Crippen molar-refractivity contribution < 1.29 is 22.6 Å². The zero-order valence-electron chi connectivity index (χ0n) is 15.0. The number of guanidine groups is 1. The summed E-state index contributed by atoms with van der Waals surface area (Å²) in [5.74, 6) is 0.633. The van der Waals surface area contributed by atoms with Crippen molar-refractivity contribution in [2.75, 3.05) is 6.61 Å². The van der Waals surface area contributed by atoms with Gasteiger partial charge in [-0.2, -0.15) is 0 Å². The minimum Gasteiger partial charge on any atom is -0.406 e. The van der Waals surface area contributed by atoms with E-state index in [1.807, 2.05) is 0 Å². The first-order chi connectivity index (χ1) is 12.9. The number of nitrogens with zero attached hydrogens (tertiary/aromatic N) is 1. The number of hydrogen-bond acceptors (Lipinski definition) is 3. The van der Waals surface area contributed by atoms with Crippen LogP contribution in [0.25, 0.3) is 0 Å². The highest BCUT2D eigenvalue weighted by molar-refractivity contribution is 5.78. The molecule has 5 nitrogen and oxygen atoms in total. The van der Waals surface area contributed by atoms with Gasteiger partial charge in [-0.25, -0.2) is 4.99 Å². The van der Waals surface area contributed by atoms with E-state index in [9.17, 15) is 13.2 Å². The number of benzene rings is 1. The van der Waals surface area contributed by atoms with E-state index in [1.165, 1.54) is 37.8 Å². The van der Waals surface area contributed by atoms with Crippen LogP contribution in [0.15, 0.2) is 29.3 Å². The van der Waals surface area contributed by atoms with Gasteiger partial charge in [-0.15, -0.1) is 13.2 Å². The van der Waals surface area contributed by atoms with Crippen molar-refractivity contribution in [3.05, 3.63) is 29.8 Å². The SMILES string of the molecule is NC(=NCc1ccc(OC(F)(F)F)cc1)NC1C2CCOC2C12CCCC2. The van der Waals surface area contributed by atoms with Gasteiger partial charge in [0.15, 0.2) is 5.96 Å². The number of hydrogen-bond donors (Lipinski definition) is 2. The van der Waals surface area contributed by atoms with Gasteiger partial charge in [0.2, 0.25) is 0 Å². The fourth-order valence-corrected chi connectivity index (χ4v) is 5.08. The third-order valence-electron chi connectivity index (χ3n) is 6.18. The molecule has 3 fully saturated rings. The highest BCUT2D eigenvalue weighted by atomic mass is 19.4. The fraction of sp³-hybridized carbons (Fsp3) is 0.632. The third-order valence-corrected chi connectivity index (χ3v) is 6.18. The second-order valence-electron chi connectivity index (χ2n) is 7.70. The Kier molecular flexibility index (Phi) is 4.70. The normalized spacial score (nSPS) is 29.4. The van der Waals surface area contributed by atoms with Gasteiger partial charge < -0.3 is 20.5 Å². The molecule has 8 heteroatoms. The summed E-state index contributed by atoms with van der Waals surface area (Å²) in [6.45, 7) is 1.12. The van der Waals surface area contributed by atoms with Crippen molar-refractivity contribution in [2.45, 2.75) is 57.2 Å². The van der Waals surface area contributed by atoms with Crippen LogP contribution in [0.5, 0.6) is 5.75 Å². The van der Waals surface area contributed by atoms with Crippen molar-refractivity contribution in [1.29, 1.82) is 0 Å². The van der Waals surface area contributed by atoms with Crippen molar-refractivity contribution in [2.24, 2.45) is 22.1 Å². The lowest BCUT2D eigenvalue weighted by Gasteiger charge is -2.57. The largest absolute Gasteiger partial charge is 0.573 e. The first-order valence-electron chi connectivity index (χ1n) is 9.40. The fourth-order valence-electron chi connectivity index (χ4n) is 5.08. The van der Waals surface area contributed by atoms with Crippen molar-refractivity contribution in [1.82, 2.24) is 5.32 Å². The van der Waals surface area contributed by atoms with Gasteiger partial charge in [-0.1, -0.05) is 25.0 Å². The summed E-state index contributed by atoms with van der Waals surface area (Å²) in [5, 5.41) is 3.41. The number of alkyl halides is 3. The molecule has 0 bridgehead atoms. The summed E-state index contributed by atoms with van der Waals surface area (Å²) in [7, 11) is 0. The van der Waals surface area contributed by atoms with E-state index in [0.717, 1.165) is 18.6 Å². The number of rotatable bonds is 4. The molecule has 3 aliphatic rings. The van der Waals surface area contributed by atoms with Gasteiger partial charge in [0.1, 0.15) is 5.75 Å². The van der Waals surface area contributed by atoms with Crippen molar-refractivity contribution in [3.63, 3.8) is 0 Å². The molecule has 4 rings (SSSR count). The van der Waals surface area contributed by atoms with Crippen LogP contribution < -0.4 is 15.8 Å². The molecule has 1 aliphatic heterocycles. The lowest BCUT2D eigenvalue weighted by atomic mass is 9.54. The summed E-state index contributed by atoms with van der Waals surface area (Å²) >= 11 is 0. The molecule has 0 amide bonds. The maximum absolute atomic E-state index is 12.2. The van der Waals surface area contributed by atoms with Crippen molar-refractivity contribution in [3.8, 4) is 5.75 Å². The number of halogens is 3. The Bertz CT molecular complexity index is 699. The number of aliphatic imine (C=N–C) groups is 1. The molecule has 0 radical (unpaired) electrons. The molecule has 1 aromatic rings. The molecule has 0 aromatic heterocycles. The molecule has 1 saturated heterocycles. The summed E-state index contributed by atoms with van der Waals surface area (Å²) in [6.07, 6.45) is 1.51. The van der Waals surface area contributed by atoms with Gasteiger partial charge in [0.05, 0.1) is 12.6 Å². The zero-order valence-corrected chi connectivity index (χ0v) is 15.0. The molecule has 2 saturated carbocycles. The highest BCUT2D eigenvalue weighted by Gasteiger charge is 2.65. The summed E-state index contributed by atoms with van der Waals surface area (Å²) < 4.78 is 46.4. The van der Waals surface area contributed by atoms with Crippen LogP contribution in [0.3, 0.4) is 0 Å². The number of ether oxygens (including phenoxy) is 2. The third kappa shape index (κ3) is 3.59. The molecule has 1 spiro atoms. The Morgan fingerprint density at radius 1 is 1.26 bits per heavy atom. The molecule has 27 heavy (non-hydrogen) atoms. The zero-order chi connectivity index (χ0) is 19.1. The molecule has 3 atom stereocenters. The Morgan fingerprint density at radius 3 is 2.63 bits per heavy atom. The summed E-state index contributed by atoms with van der Waals surface area (Å²) in [6, 6.07) is 5.98. The van der Waals surface area contributed by atoms with Crippen LogP contribution in [-0.4, -0.2) is 31.1 Å². The lowest BCUT2D eigenvalue weighted by molar-refractivity contribution is -0.274. The smallest absolute Gasteiger partial charge is 0.406 e. The highest BCUT2D eigenvalue weighted by Crippen LogP contribution is 2.60. The number of nitrogens with one attached hydrogen (secondary N) is 1. The average Bonchev–Trinajstić information content (AvgIpc) is 3.26. The minimum atomic E-state index is -4.69. The first-order valence-corrected chi connectivity index (χ1v) is 9.40. The molecular formula is C19H24F3N3O2. The van der Waals surface area contributed by atoms with E-state index >= 15 is 0 Å². The minimum absolute atomic E-state index is 0.192. The Balaban J connectivity index is 1.36. The molecular weight excluding hydrogens is 359 g/mol. The topological polar surface area (TPSA) is 68.9 Å². The second-order valence-corrected chi connectivity index (χ2v) is 7.70. The predicted molar refractivity (Wildman–Crippen MR) is 94.1 cm³/mol. The van der Waals surface area contributed by atoms with E-state index in [1.54, 1.807) is 12.1 Å². The molecule has 1 heterocycles.